The zero-order valence-corrected chi connectivity index (χ0v) is 11.1. The predicted octanol–water partition coefficient (Wildman–Crippen LogP) is 1.59. The third-order valence-electron chi connectivity index (χ3n) is 3.03. The van der Waals surface area contributed by atoms with Crippen molar-refractivity contribution in [1.29, 1.82) is 0 Å². The zero-order chi connectivity index (χ0) is 12.2. The molecule has 1 aliphatic rings. The van der Waals surface area contributed by atoms with Gasteiger partial charge in [0.05, 0.1) is 13.2 Å². The van der Waals surface area contributed by atoms with Gasteiger partial charge in [0.1, 0.15) is 0 Å². The molecule has 0 aromatic carbocycles. The number of unbranched alkanes of at least 4 members (excludes halogenated alkanes) is 1. The molecule has 0 aliphatic carbocycles. The summed E-state index contributed by atoms with van der Waals surface area (Å²) in [7, 11) is 1.70. The van der Waals surface area contributed by atoms with Crippen molar-refractivity contribution in [3.05, 3.63) is 0 Å². The Morgan fingerprint density at radius 1 is 1.12 bits per heavy atom. The van der Waals surface area contributed by atoms with Crippen molar-refractivity contribution in [2.24, 2.45) is 0 Å². The summed E-state index contributed by atoms with van der Waals surface area (Å²) in [6.07, 6.45) is 5.91. The number of hydrogen-bond acceptors (Lipinski definition) is 4. The topological polar surface area (TPSA) is 39.7 Å². The van der Waals surface area contributed by atoms with Gasteiger partial charge in [0.15, 0.2) is 0 Å². The van der Waals surface area contributed by atoms with Gasteiger partial charge in [0.2, 0.25) is 0 Å². The molecule has 4 heteroatoms. The standard InChI is InChI=1S/C13H27NO3/c1-15-11-12-17-8-3-2-7-14-13-5-4-9-16-10-6-13/h13-14H,2-12H2,1H3. The Morgan fingerprint density at radius 3 is 2.94 bits per heavy atom. The normalized spacial score (nSPS) is 21.4. The summed E-state index contributed by atoms with van der Waals surface area (Å²) in [6, 6.07) is 0.659. The van der Waals surface area contributed by atoms with Crippen LogP contribution in [-0.4, -0.2) is 52.7 Å². The first-order valence-corrected chi connectivity index (χ1v) is 6.81. The molecule has 1 N–H and O–H groups in total. The molecule has 17 heavy (non-hydrogen) atoms. The van der Waals surface area contributed by atoms with E-state index in [-0.39, 0.29) is 0 Å². The van der Waals surface area contributed by atoms with E-state index in [4.69, 9.17) is 14.2 Å². The van der Waals surface area contributed by atoms with E-state index in [0.717, 1.165) is 39.2 Å². The average Bonchev–Trinajstić information content (AvgIpc) is 2.61. The molecule has 0 aromatic heterocycles. The molecule has 0 saturated carbocycles. The maximum atomic E-state index is 5.44. The maximum absolute atomic E-state index is 5.44. The second kappa shape index (κ2) is 11.0. The summed E-state index contributed by atoms with van der Waals surface area (Å²) in [6.45, 7) is 5.20. The van der Waals surface area contributed by atoms with Gasteiger partial charge in [-0.15, -0.1) is 0 Å². The number of ether oxygens (including phenoxy) is 3. The molecule has 1 saturated heterocycles. The molecule has 0 amide bonds. The van der Waals surface area contributed by atoms with Crippen LogP contribution in [0, 0.1) is 0 Å². The van der Waals surface area contributed by atoms with Crippen LogP contribution in [0.15, 0.2) is 0 Å². The summed E-state index contributed by atoms with van der Waals surface area (Å²) >= 11 is 0. The monoisotopic (exact) mass is 245 g/mol. The van der Waals surface area contributed by atoms with Crippen molar-refractivity contribution < 1.29 is 14.2 Å². The third-order valence-corrected chi connectivity index (χ3v) is 3.03. The largest absolute Gasteiger partial charge is 0.382 e. The summed E-state index contributed by atoms with van der Waals surface area (Å²) in [5.41, 5.74) is 0. The summed E-state index contributed by atoms with van der Waals surface area (Å²) < 4.78 is 15.8. The van der Waals surface area contributed by atoms with Crippen molar-refractivity contribution in [3.8, 4) is 0 Å². The lowest BCUT2D eigenvalue weighted by molar-refractivity contribution is 0.0687. The van der Waals surface area contributed by atoms with Gasteiger partial charge in [-0.05, 0) is 38.6 Å². The number of methoxy groups -OCH3 is 1. The molecule has 4 nitrogen and oxygen atoms in total. The first-order chi connectivity index (χ1) is 8.43. The first-order valence-electron chi connectivity index (χ1n) is 6.81. The Balaban J connectivity index is 1.82. The second-order valence-corrected chi connectivity index (χ2v) is 4.51. The van der Waals surface area contributed by atoms with Gasteiger partial charge in [-0.25, -0.2) is 0 Å². The van der Waals surface area contributed by atoms with Gasteiger partial charge in [0, 0.05) is 33.0 Å². The quantitative estimate of drug-likeness (QED) is 0.626. The lowest BCUT2D eigenvalue weighted by Crippen LogP contribution is -2.30. The van der Waals surface area contributed by atoms with Crippen LogP contribution in [0.5, 0.6) is 0 Å². The molecular formula is C13H27NO3. The highest BCUT2D eigenvalue weighted by atomic mass is 16.5. The van der Waals surface area contributed by atoms with Gasteiger partial charge in [-0.3, -0.25) is 0 Å². The molecule has 0 bridgehead atoms. The van der Waals surface area contributed by atoms with E-state index in [0.29, 0.717) is 19.3 Å². The van der Waals surface area contributed by atoms with Crippen LogP contribution >= 0.6 is 0 Å². The van der Waals surface area contributed by atoms with Crippen LogP contribution in [0.1, 0.15) is 32.1 Å². The van der Waals surface area contributed by atoms with E-state index < -0.39 is 0 Å². The SMILES string of the molecule is COCCOCCCCNC1CCCOCC1. The Morgan fingerprint density at radius 2 is 2.06 bits per heavy atom. The van der Waals surface area contributed by atoms with Crippen molar-refractivity contribution in [2.45, 2.75) is 38.1 Å². The van der Waals surface area contributed by atoms with E-state index in [1.54, 1.807) is 7.11 Å². The minimum Gasteiger partial charge on any atom is -0.382 e. The van der Waals surface area contributed by atoms with Crippen LogP contribution < -0.4 is 5.32 Å². The Bertz CT molecular complexity index is 159. The van der Waals surface area contributed by atoms with Gasteiger partial charge in [0.25, 0.3) is 0 Å². The summed E-state index contributed by atoms with van der Waals surface area (Å²) in [5.74, 6) is 0. The molecule has 1 aliphatic heterocycles. The fourth-order valence-electron chi connectivity index (χ4n) is 1.99. The summed E-state index contributed by atoms with van der Waals surface area (Å²) in [4.78, 5) is 0. The Kier molecular flexibility index (Phi) is 9.61. The average molecular weight is 245 g/mol. The lowest BCUT2D eigenvalue weighted by Gasteiger charge is -2.15. The molecule has 102 valence electrons. The Labute approximate surface area is 105 Å². The van der Waals surface area contributed by atoms with Gasteiger partial charge in [-0.1, -0.05) is 0 Å². The minimum atomic E-state index is 0.659. The van der Waals surface area contributed by atoms with Crippen molar-refractivity contribution in [1.82, 2.24) is 5.32 Å². The van der Waals surface area contributed by atoms with E-state index in [1.165, 1.54) is 19.3 Å². The molecule has 1 unspecified atom stereocenters. The fourth-order valence-corrected chi connectivity index (χ4v) is 1.99. The van der Waals surface area contributed by atoms with Crippen LogP contribution in [-0.2, 0) is 14.2 Å². The first kappa shape index (κ1) is 14.9. The maximum Gasteiger partial charge on any atom is 0.0700 e. The molecular weight excluding hydrogens is 218 g/mol. The highest BCUT2D eigenvalue weighted by Crippen LogP contribution is 2.07. The van der Waals surface area contributed by atoms with Gasteiger partial charge in [-0.2, -0.15) is 0 Å². The highest BCUT2D eigenvalue weighted by Gasteiger charge is 2.10. The fraction of sp³-hybridized carbons (Fsp3) is 1.00. The number of rotatable bonds is 9. The highest BCUT2D eigenvalue weighted by molar-refractivity contribution is 4.68. The smallest absolute Gasteiger partial charge is 0.0700 e. The minimum absolute atomic E-state index is 0.659. The van der Waals surface area contributed by atoms with Gasteiger partial charge < -0.3 is 19.5 Å². The molecule has 0 aromatic rings. The zero-order valence-electron chi connectivity index (χ0n) is 11.1. The molecule has 1 atom stereocenters. The third kappa shape index (κ3) is 8.55. The summed E-state index contributed by atoms with van der Waals surface area (Å²) in [5, 5.41) is 3.60. The second-order valence-electron chi connectivity index (χ2n) is 4.51. The molecule has 0 spiro atoms. The number of nitrogens with one attached hydrogen (secondary N) is 1. The van der Waals surface area contributed by atoms with E-state index >= 15 is 0 Å². The van der Waals surface area contributed by atoms with E-state index in [9.17, 15) is 0 Å². The van der Waals surface area contributed by atoms with Crippen molar-refractivity contribution in [3.63, 3.8) is 0 Å². The Hall–Kier alpha value is -0.160. The molecule has 1 fully saturated rings. The van der Waals surface area contributed by atoms with Gasteiger partial charge >= 0.3 is 0 Å². The molecule has 1 rings (SSSR count). The van der Waals surface area contributed by atoms with Crippen molar-refractivity contribution in [2.75, 3.05) is 46.7 Å². The van der Waals surface area contributed by atoms with Crippen LogP contribution in [0.4, 0.5) is 0 Å². The van der Waals surface area contributed by atoms with Crippen LogP contribution in [0.3, 0.4) is 0 Å². The van der Waals surface area contributed by atoms with E-state index in [1.807, 2.05) is 0 Å². The molecule has 0 radical (unpaired) electrons. The predicted molar refractivity (Wildman–Crippen MR) is 68.4 cm³/mol. The van der Waals surface area contributed by atoms with Crippen LogP contribution in [0.25, 0.3) is 0 Å². The van der Waals surface area contributed by atoms with E-state index in [2.05, 4.69) is 5.32 Å². The lowest BCUT2D eigenvalue weighted by atomic mass is 10.1. The van der Waals surface area contributed by atoms with Crippen molar-refractivity contribution >= 4 is 0 Å². The number of hydrogen-bond donors (Lipinski definition) is 1. The molecule has 1 heterocycles. The van der Waals surface area contributed by atoms with Crippen LogP contribution in [0.2, 0.25) is 0 Å².